The van der Waals surface area contributed by atoms with E-state index in [0.29, 0.717) is 23.1 Å². The Morgan fingerprint density at radius 3 is 2.36 bits per heavy atom. The van der Waals surface area contributed by atoms with Gasteiger partial charge in [0.1, 0.15) is 11.5 Å². The number of hydrogen-bond donors (Lipinski definition) is 0. The normalized spacial score (nSPS) is 24.9. The number of amides is 1. The number of likely N-dealkylation sites (tertiary alicyclic amines) is 2. The SMILES string of the molecule is O=C(Cc1nc(-c2ccc(F)cc2)ccc1[N+](=O)[O-])N1CC2CC(CN3CCCC3)CC2C1. The molecule has 0 N–H and O–H groups in total. The highest BCUT2D eigenvalue weighted by atomic mass is 19.1. The number of carbonyl (C=O) groups is 1. The molecule has 2 atom stereocenters. The second kappa shape index (κ2) is 9.17. The Morgan fingerprint density at radius 1 is 1.06 bits per heavy atom. The molecule has 2 saturated heterocycles. The summed E-state index contributed by atoms with van der Waals surface area (Å²) in [5.74, 6) is 1.33. The highest BCUT2D eigenvalue weighted by Gasteiger charge is 2.42. The van der Waals surface area contributed by atoms with Crippen molar-refractivity contribution in [3.8, 4) is 11.3 Å². The summed E-state index contributed by atoms with van der Waals surface area (Å²) < 4.78 is 13.3. The molecule has 0 spiro atoms. The lowest BCUT2D eigenvalue weighted by Crippen LogP contribution is -2.32. The number of carbonyl (C=O) groups excluding carboxylic acids is 1. The van der Waals surface area contributed by atoms with Crippen LogP contribution in [0.2, 0.25) is 0 Å². The van der Waals surface area contributed by atoms with Gasteiger partial charge >= 0.3 is 0 Å². The monoisotopic (exact) mass is 452 g/mol. The fraction of sp³-hybridized carbons (Fsp3) is 0.520. The van der Waals surface area contributed by atoms with Gasteiger partial charge in [0.25, 0.3) is 5.69 Å². The van der Waals surface area contributed by atoms with Crippen molar-refractivity contribution in [2.75, 3.05) is 32.7 Å². The van der Waals surface area contributed by atoms with E-state index in [2.05, 4.69) is 9.88 Å². The second-order valence-electron chi connectivity index (χ2n) is 9.77. The van der Waals surface area contributed by atoms with Crippen molar-refractivity contribution in [3.05, 3.63) is 58.0 Å². The van der Waals surface area contributed by atoms with E-state index in [-0.39, 0.29) is 29.5 Å². The number of hydrogen-bond acceptors (Lipinski definition) is 5. The highest BCUT2D eigenvalue weighted by molar-refractivity contribution is 5.80. The molecule has 2 unspecified atom stereocenters. The van der Waals surface area contributed by atoms with Crippen molar-refractivity contribution in [3.63, 3.8) is 0 Å². The van der Waals surface area contributed by atoms with Crippen molar-refractivity contribution >= 4 is 11.6 Å². The fourth-order valence-electron chi connectivity index (χ4n) is 5.94. The van der Waals surface area contributed by atoms with Gasteiger partial charge in [0.2, 0.25) is 5.91 Å². The van der Waals surface area contributed by atoms with Crippen LogP contribution in [0.4, 0.5) is 10.1 Å². The summed E-state index contributed by atoms with van der Waals surface area (Å²) in [7, 11) is 0. The van der Waals surface area contributed by atoms with E-state index in [1.807, 2.05) is 4.90 Å². The van der Waals surface area contributed by atoms with Crippen molar-refractivity contribution in [2.24, 2.45) is 17.8 Å². The van der Waals surface area contributed by atoms with Crippen LogP contribution < -0.4 is 0 Å². The molecule has 2 aliphatic heterocycles. The molecule has 1 amide bonds. The number of aromatic nitrogens is 1. The maximum absolute atomic E-state index is 13.3. The van der Waals surface area contributed by atoms with Gasteiger partial charge in [-0.05, 0) is 86.9 Å². The van der Waals surface area contributed by atoms with Crippen LogP contribution in [0.3, 0.4) is 0 Å². The van der Waals surface area contributed by atoms with Crippen LogP contribution in [0, 0.1) is 33.7 Å². The van der Waals surface area contributed by atoms with Gasteiger partial charge in [-0.15, -0.1) is 0 Å². The molecule has 7 nitrogen and oxygen atoms in total. The number of fused-ring (bicyclic) bond motifs is 1. The van der Waals surface area contributed by atoms with Crippen LogP contribution in [0.1, 0.15) is 31.4 Å². The predicted octanol–water partition coefficient (Wildman–Crippen LogP) is 3.92. The first-order chi connectivity index (χ1) is 16.0. The number of rotatable bonds is 6. The van der Waals surface area contributed by atoms with E-state index in [1.54, 1.807) is 18.2 Å². The smallest absolute Gasteiger partial charge is 0.291 e. The van der Waals surface area contributed by atoms with E-state index in [4.69, 9.17) is 0 Å². The average molecular weight is 453 g/mol. The first-order valence-corrected chi connectivity index (χ1v) is 11.9. The first-order valence-electron chi connectivity index (χ1n) is 11.9. The maximum atomic E-state index is 13.3. The molecule has 8 heteroatoms. The van der Waals surface area contributed by atoms with Crippen LogP contribution in [0.25, 0.3) is 11.3 Å². The van der Waals surface area contributed by atoms with Gasteiger partial charge in [-0.1, -0.05) is 0 Å². The molecule has 174 valence electrons. The number of halogens is 1. The lowest BCUT2D eigenvalue weighted by atomic mass is 10.0. The molecule has 1 aliphatic carbocycles. The number of nitro groups is 1. The maximum Gasteiger partial charge on any atom is 0.291 e. The zero-order valence-electron chi connectivity index (χ0n) is 18.7. The molecule has 5 rings (SSSR count). The third-order valence-corrected chi connectivity index (χ3v) is 7.52. The topological polar surface area (TPSA) is 79.6 Å². The standard InChI is InChI=1S/C25H29FN4O3/c26-21-5-3-18(4-6-21)22-7-8-24(30(32)33)23(27-22)13-25(31)29-15-19-11-17(12-20(19)16-29)14-28-9-1-2-10-28/h3-8,17,19-20H,1-2,9-16H2. The van der Waals surface area contributed by atoms with Gasteiger partial charge in [-0.25, -0.2) is 9.37 Å². The van der Waals surface area contributed by atoms with Gasteiger partial charge in [-0.2, -0.15) is 0 Å². The van der Waals surface area contributed by atoms with E-state index < -0.39 is 4.92 Å². The fourth-order valence-corrected chi connectivity index (χ4v) is 5.94. The number of nitrogens with zero attached hydrogens (tertiary/aromatic N) is 4. The van der Waals surface area contributed by atoms with Crippen LogP contribution in [0.15, 0.2) is 36.4 Å². The molecule has 3 fully saturated rings. The van der Waals surface area contributed by atoms with E-state index in [9.17, 15) is 19.3 Å². The quantitative estimate of drug-likeness (QED) is 0.490. The summed E-state index contributed by atoms with van der Waals surface area (Å²) in [5, 5.41) is 11.5. The summed E-state index contributed by atoms with van der Waals surface area (Å²) in [5.41, 5.74) is 1.15. The lowest BCUT2D eigenvalue weighted by Gasteiger charge is -2.22. The zero-order chi connectivity index (χ0) is 22.9. The summed E-state index contributed by atoms with van der Waals surface area (Å²) in [6, 6.07) is 8.73. The number of benzene rings is 1. The average Bonchev–Trinajstić information content (AvgIpc) is 3.51. The summed E-state index contributed by atoms with van der Waals surface area (Å²) in [6.07, 6.45) is 4.86. The summed E-state index contributed by atoms with van der Waals surface area (Å²) >= 11 is 0. The van der Waals surface area contributed by atoms with Crippen molar-refractivity contribution < 1.29 is 14.1 Å². The molecule has 1 aromatic carbocycles. The zero-order valence-corrected chi connectivity index (χ0v) is 18.7. The molecule has 0 bridgehead atoms. The Labute approximate surface area is 192 Å². The van der Waals surface area contributed by atoms with Gasteiger partial charge in [0.05, 0.1) is 17.0 Å². The minimum absolute atomic E-state index is 0.0952. The third kappa shape index (κ3) is 4.76. The van der Waals surface area contributed by atoms with Crippen molar-refractivity contribution in [1.82, 2.24) is 14.8 Å². The minimum atomic E-state index is -0.494. The molecule has 3 heterocycles. The van der Waals surface area contributed by atoms with E-state index in [0.717, 1.165) is 19.0 Å². The van der Waals surface area contributed by atoms with Gasteiger partial charge in [-0.3, -0.25) is 14.9 Å². The summed E-state index contributed by atoms with van der Waals surface area (Å²) in [4.78, 5) is 33.0. The minimum Gasteiger partial charge on any atom is -0.342 e. The molecule has 1 aromatic heterocycles. The summed E-state index contributed by atoms with van der Waals surface area (Å²) in [6.45, 7) is 5.11. The second-order valence-corrected chi connectivity index (χ2v) is 9.77. The Bertz CT molecular complexity index is 1020. The van der Waals surface area contributed by atoms with Gasteiger partial charge in [0.15, 0.2) is 0 Å². The molecule has 33 heavy (non-hydrogen) atoms. The molecule has 2 aromatic rings. The molecule has 1 saturated carbocycles. The van der Waals surface area contributed by atoms with Gasteiger partial charge < -0.3 is 9.80 Å². The molecule has 3 aliphatic rings. The van der Waals surface area contributed by atoms with Gasteiger partial charge in [0, 0.05) is 31.3 Å². The van der Waals surface area contributed by atoms with Crippen LogP contribution in [0.5, 0.6) is 0 Å². The Morgan fingerprint density at radius 2 is 1.73 bits per heavy atom. The van der Waals surface area contributed by atoms with Crippen molar-refractivity contribution in [1.29, 1.82) is 0 Å². The Hall–Kier alpha value is -2.87. The Balaban J connectivity index is 1.25. The lowest BCUT2D eigenvalue weighted by molar-refractivity contribution is -0.385. The van der Waals surface area contributed by atoms with E-state index in [1.165, 1.54) is 63.5 Å². The van der Waals surface area contributed by atoms with Crippen LogP contribution in [-0.4, -0.2) is 58.3 Å². The van der Waals surface area contributed by atoms with Crippen LogP contribution >= 0.6 is 0 Å². The van der Waals surface area contributed by atoms with Crippen LogP contribution in [-0.2, 0) is 11.2 Å². The largest absolute Gasteiger partial charge is 0.342 e. The first kappa shape index (κ1) is 21.9. The molecular formula is C25H29FN4O3. The predicted molar refractivity (Wildman–Crippen MR) is 122 cm³/mol. The Kier molecular flexibility index (Phi) is 6.10. The molecular weight excluding hydrogens is 423 g/mol. The highest BCUT2D eigenvalue weighted by Crippen LogP contribution is 2.42. The molecule has 0 radical (unpaired) electrons. The van der Waals surface area contributed by atoms with Crippen molar-refractivity contribution in [2.45, 2.75) is 32.1 Å². The third-order valence-electron chi connectivity index (χ3n) is 7.52. The van der Waals surface area contributed by atoms with E-state index >= 15 is 0 Å². The number of pyridine rings is 1.